The van der Waals surface area contributed by atoms with Crippen LogP contribution in [0.5, 0.6) is 11.5 Å². The van der Waals surface area contributed by atoms with E-state index in [-0.39, 0.29) is 22.7 Å². The highest BCUT2D eigenvalue weighted by Gasteiger charge is 2.50. The van der Waals surface area contributed by atoms with E-state index in [1.54, 1.807) is 24.3 Å². The van der Waals surface area contributed by atoms with Gasteiger partial charge in [-0.25, -0.2) is 0 Å². The number of fused-ring (bicyclic) bond motifs is 2. The summed E-state index contributed by atoms with van der Waals surface area (Å²) in [6.07, 6.45) is 3.44. The molecule has 0 saturated heterocycles. The second kappa shape index (κ2) is 8.50. The molecule has 1 aromatic carbocycles. The SMILES string of the molecule is CCOC1=CC=C(OCC)C2C(=O)c3c(OCC)ccc(OCC)c3C(=O)C12. The van der Waals surface area contributed by atoms with Gasteiger partial charge in [0.2, 0.25) is 0 Å². The second-order valence-corrected chi connectivity index (χ2v) is 6.37. The van der Waals surface area contributed by atoms with Crippen LogP contribution in [-0.2, 0) is 9.47 Å². The standard InChI is InChI=1S/C22H26O6/c1-5-25-13-9-10-14(26-6-2)18-17(13)21(23)19-15(27-7-3)11-12-16(28-8-4)20(19)22(18)24/h9-12,17-18H,5-8H2,1-4H3. The average molecular weight is 386 g/mol. The number of carbonyl (C=O) groups excluding carboxylic acids is 2. The molecule has 0 amide bonds. The maximum absolute atomic E-state index is 13.6. The largest absolute Gasteiger partial charge is 0.497 e. The van der Waals surface area contributed by atoms with Crippen molar-refractivity contribution in [2.45, 2.75) is 27.7 Å². The van der Waals surface area contributed by atoms with Gasteiger partial charge in [0.15, 0.2) is 11.6 Å². The predicted octanol–water partition coefficient (Wildman–Crippen LogP) is 3.95. The van der Waals surface area contributed by atoms with Crippen molar-refractivity contribution in [2.24, 2.45) is 11.8 Å². The highest BCUT2D eigenvalue weighted by Crippen LogP contribution is 2.46. The smallest absolute Gasteiger partial charge is 0.179 e. The molecule has 0 N–H and O–H groups in total. The number of hydrogen-bond donors (Lipinski definition) is 0. The molecule has 0 saturated carbocycles. The van der Waals surface area contributed by atoms with Gasteiger partial charge in [-0.2, -0.15) is 0 Å². The zero-order valence-electron chi connectivity index (χ0n) is 16.7. The Balaban J connectivity index is 2.22. The molecule has 0 aromatic heterocycles. The van der Waals surface area contributed by atoms with Crippen molar-refractivity contribution in [3.05, 3.63) is 46.9 Å². The third-order valence-electron chi connectivity index (χ3n) is 4.77. The molecule has 6 heteroatoms. The summed E-state index contributed by atoms with van der Waals surface area (Å²) in [7, 11) is 0. The van der Waals surface area contributed by atoms with Crippen molar-refractivity contribution >= 4 is 11.6 Å². The molecule has 0 bridgehead atoms. The van der Waals surface area contributed by atoms with Crippen LogP contribution in [0.3, 0.4) is 0 Å². The molecule has 0 heterocycles. The first-order chi connectivity index (χ1) is 13.6. The summed E-state index contributed by atoms with van der Waals surface area (Å²) >= 11 is 0. The third-order valence-corrected chi connectivity index (χ3v) is 4.77. The number of carbonyl (C=O) groups is 2. The minimum Gasteiger partial charge on any atom is -0.497 e. The van der Waals surface area contributed by atoms with Crippen LogP contribution in [0.15, 0.2) is 35.8 Å². The molecule has 2 atom stereocenters. The number of rotatable bonds is 8. The highest BCUT2D eigenvalue weighted by atomic mass is 16.5. The number of benzene rings is 1. The number of ketones is 2. The van der Waals surface area contributed by atoms with Crippen LogP contribution in [-0.4, -0.2) is 38.0 Å². The Labute approximate surface area is 165 Å². The fourth-order valence-corrected chi connectivity index (χ4v) is 3.79. The minimum absolute atomic E-state index is 0.213. The second-order valence-electron chi connectivity index (χ2n) is 6.37. The summed E-state index contributed by atoms with van der Waals surface area (Å²) in [5, 5.41) is 0. The summed E-state index contributed by atoms with van der Waals surface area (Å²) in [6.45, 7) is 8.93. The molecule has 2 aliphatic rings. The van der Waals surface area contributed by atoms with Gasteiger partial charge in [-0.1, -0.05) is 0 Å². The lowest BCUT2D eigenvalue weighted by Gasteiger charge is -2.36. The molecule has 2 unspecified atom stereocenters. The summed E-state index contributed by atoms with van der Waals surface area (Å²) < 4.78 is 22.8. The third kappa shape index (κ3) is 3.28. The molecule has 0 fully saturated rings. The average Bonchev–Trinajstić information content (AvgIpc) is 2.68. The Bertz CT molecular complexity index is 767. The summed E-state index contributed by atoms with van der Waals surface area (Å²) in [5.41, 5.74) is 0.532. The summed E-state index contributed by atoms with van der Waals surface area (Å²) in [5.74, 6) is -0.218. The van der Waals surface area contributed by atoms with E-state index in [1.807, 2.05) is 27.7 Å². The van der Waals surface area contributed by atoms with Crippen LogP contribution in [0.4, 0.5) is 0 Å². The number of ether oxygens (including phenoxy) is 4. The van der Waals surface area contributed by atoms with E-state index in [2.05, 4.69) is 0 Å². The Morgan fingerprint density at radius 3 is 1.32 bits per heavy atom. The zero-order chi connectivity index (χ0) is 20.3. The van der Waals surface area contributed by atoms with Gasteiger partial charge in [-0.05, 0) is 52.0 Å². The summed E-state index contributed by atoms with van der Waals surface area (Å²) in [4.78, 5) is 27.2. The Morgan fingerprint density at radius 2 is 1.00 bits per heavy atom. The van der Waals surface area contributed by atoms with E-state index in [1.165, 1.54) is 0 Å². The van der Waals surface area contributed by atoms with Gasteiger partial charge in [0.1, 0.15) is 23.0 Å². The van der Waals surface area contributed by atoms with Crippen molar-refractivity contribution in [1.82, 2.24) is 0 Å². The lowest BCUT2D eigenvalue weighted by molar-refractivity contribution is 0.0614. The number of Topliss-reactive ketones (excluding diaryl/α,β-unsaturated/α-hetero) is 2. The first kappa shape index (κ1) is 20.0. The van der Waals surface area contributed by atoms with E-state index >= 15 is 0 Å². The number of hydrogen-bond acceptors (Lipinski definition) is 6. The zero-order valence-corrected chi connectivity index (χ0v) is 16.7. The molecular formula is C22H26O6. The van der Waals surface area contributed by atoms with Gasteiger partial charge in [0, 0.05) is 0 Å². The van der Waals surface area contributed by atoms with Crippen LogP contribution < -0.4 is 9.47 Å². The van der Waals surface area contributed by atoms with Gasteiger partial charge in [-0.15, -0.1) is 0 Å². The minimum atomic E-state index is -0.761. The van der Waals surface area contributed by atoms with E-state index in [0.717, 1.165) is 0 Å². The molecule has 3 rings (SSSR count). The van der Waals surface area contributed by atoms with E-state index in [9.17, 15) is 9.59 Å². The molecule has 28 heavy (non-hydrogen) atoms. The molecule has 0 aliphatic heterocycles. The molecule has 1 aromatic rings. The van der Waals surface area contributed by atoms with Crippen molar-refractivity contribution in [3.8, 4) is 11.5 Å². The fourth-order valence-electron chi connectivity index (χ4n) is 3.79. The maximum Gasteiger partial charge on any atom is 0.179 e. The lowest BCUT2D eigenvalue weighted by atomic mass is 9.70. The molecule has 0 spiro atoms. The van der Waals surface area contributed by atoms with Gasteiger partial charge in [0.05, 0.1) is 49.4 Å². The van der Waals surface area contributed by atoms with Crippen LogP contribution in [0.25, 0.3) is 0 Å². The van der Waals surface area contributed by atoms with Gasteiger partial charge in [-0.3, -0.25) is 9.59 Å². The van der Waals surface area contributed by atoms with Gasteiger partial charge in [0.25, 0.3) is 0 Å². The van der Waals surface area contributed by atoms with Crippen molar-refractivity contribution in [1.29, 1.82) is 0 Å². The molecule has 0 radical (unpaired) electrons. The fraction of sp³-hybridized carbons (Fsp3) is 0.455. The van der Waals surface area contributed by atoms with Crippen LogP contribution >= 0.6 is 0 Å². The van der Waals surface area contributed by atoms with E-state index in [4.69, 9.17) is 18.9 Å². The molecular weight excluding hydrogens is 360 g/mol. The Kier molecular flexibility index (Phi) is 6.07. The number of allylic oxidation sites excluding steroid dienone is 4. The molecule has 2 aliphatic carbocycles. The normalized spacial score (nSPS) is 20.6. The quantitative estimate of drug-likeness (QED) is 0.674. The first-order valence-electron chi connectivity index (χ1n) is 9.77. The molecule has 6 nitrogen and oxygen atoms in total. The topological polar surface area (TPSA) is 71.1 Å². The van der Waals surface area contributed by atoms with Gasteiger partial charge >= 0.3 is 0 Å². The Morgan fingerprint density at radius 1 is 0.643 bits per heavy atom. The van der Waals surface area contributed by atoms with Crippen LogP contribution in [0.1, 0.15) is 48.4 Å². The van der Waals surface area contributed by atoms with E-state index in [0.29, 0.717) is 49.4 Å². The van der Waals surface area contributed by atoms with Crippen molar-refractivity contribution in [2.75, 3.05) is 26.4 Å². The Hall–Kier alpha value is -2.76. The lowest BCUT2D eigenvalue weighted by Crippen LogP contribution is -2.41. The van der Waals surface area contributed by atoms with Crippen LogP contribution in [0.2, 0.25) is 0 Å². The highest BCUT2D eigenvalue weighted by molar-refractivity contribution is 6.20. The first-order valence-corrected chi connectivity index (χ1v) is 9.77. The maximum atomic E-state index is 13.6. The summed E-state index contributed by atoms with van der Waals surface area (Å²) in [6, 6.07) is 3.37. The van der Waals surface area contributed by atoms with Crippen LogP contribution in [0, 0.1) is 11.8 Å². The monoisotopic (exact) mass is 386 g/mol. The van der Waals surface area contributed by atoms with Gasteiger partial charge < -0.3 is 18.9 Å². The van der Waals surface area contributed by atoms with Crippen molar-refractivity contribution < 1.29 is 28.5 Å². The predicted molar refractivity (Wildman–Crippen MR) is 104 cm³/mol. The molecule has 150 valence electrons. The van der Waals surface area contributed by atoms with Crippen molar-refractivity contribution in [3.63, 3.8) is 0 Å². The van der Waals surface area contributed by atoms with E-state index < -0.39 is 11.8 Å².